The van der Waals surface area contributed by atoms with Crippen LogP contribution in [0.1, 0.15) is 17.2 Å². The van der Waals surface area contributed by atoms with Crippen molar-refractivity contribution in [3.8, 4) is 5.75 Å². The normalized spacial score (nSPS) is 17.3. The van der Waals surface area contributed by atoms with Crippen molar-refractivity contribution in [1.29, 1.82) is 0 Å². The number of alkyl halides is 3. The van der Waals surface area contributed by atoms with Gasteiger partial charge in [0, 0.05) is 30.7 Å². The Balaban J connectivity index is 1.89. The molecule has 0 bridgehead atoms. The van der Waals surface area contributed by atoms with Gasteiger partial charge in [-0.05, 0) is 35.4 Å². The molecule has 0 aliphatic carbocycles. The van der Waals surface area contributed by atoms with E-state index < -0.39 is 6.36 Å². The molecule has 3 rings (SSSR count). The molecule has 0 amide bonds. The largest absolute Gasteiger partial charge is 0.573 e. The van der Waals surface area contributed by atoms with Crippen molar-refractivity contribution in [3.05, 3.63) is 64.1 Å². The fourth-order valence-corrected chi connectivity index (χ4v) is 3.32. The summed E-state index contributed by atoms with van der Waals surface area (Å²) in [6.07, 6.45) is -4.68. The maximum Gasteiger partial charge on any atom is 0.573 e. The quantitative estimate of drug-likeness (QED) is 0.804. The molecule has 0 aromatic heterocycles. The van der Waals surface area contributed by atoms with E-state index in [1.54, 1.807) is 12.1 Å². The van der Waals surface area contributed by atoms with Crippen molar-refractivity contribution < 1.29 is 17.9 Å². The number of nitrogens with one attached hydrogen (secondary N) is 1. The number of halogens is 4. The van der Waals surface area contributed by atoms with E-state index in [1.165, 1.54) is 12.1 Å². The Morgan fingerprint density at radius 1 is 0.920 bits per heavy atom. The van der Waals surface area contributed by atoms with Crippen LogP contribution in [0.2, 0.25) is 0 Å². The number of rotatable bonds is 4. The highest BCUT2D eigenvalue weighted by Gasteiger charge is 2.31. The predicted octanol–water partition coefficient (Wildman–Crippen LogP) is 4.34. The maximum absolute atomic E-state index is 12.4. The predicted molar refractivity (Wildman–Crippen MR) is 93.6 cm³/mol. The molecule has 0 unspecified atom stereocenters. The summed E-state index contributed by atoms with van der Waals surface area (Å²) >= 11 is 3.44. The molecular weight excluding hydrogens is 397 g/mol. The molecule has 134 valence electrons. The van der Waals surface area contributed by atoms with Gasteiger partial charge in [0.2, 0.25) is 0 Å². The van der Waals surface area contributed by atoms with Gasteiger partial charge in [0.05, 0.1) is 6.04 Å². The molecule has 1 aliphatic heterocycles. The molecule has 1 aliphatic rings. The Hall–Kier alpha value is -1.57. The first-order valence-electron chi connectivity index (χ1n) is 7.98. The summed E-state index contributed by atoms with van der Waals surface area (Å²) < 4.78 is 42.0. The smallest absolute Gasteiger partial charge is 0.406 e. The monoisotopic (exact) mass is 414 g/mol. The minimum absolute atomic E-state index is 0.00450. The molecule has 1 saturated heterocycles. The molecule has 2 aromatic rings. The van der Waals surface area contributed by atoms with Gasteiger partial charge in [0.1, 0.15) is 5.75 Å². The lowest BCUT2D eigenvalue weighted by molar-refractivity contribution is -0.274. The van der Waals surface area contributed by atoms with Crippen LogP contribution in [0.25, 0.3) is 0 Å². The second-order valence-electron chi connectivity index (χ2n) is 5.86. The van der Waals surface area contributed by atoms with E-state index in [4.69, 9.17) is 0 Å². The summed E-state index contributed by atoms with van der Waals surface area (Å²) in [5, 5.41) is 3.32. The van der Waals surface area contributed by atoms with Gasteiger partial charge in [-0.2, -0.15) is 0 Å². The topological polar surface area (TPSA) is 24.5 Å². The number of benzene rings is 2. The summed E-state index contributed by atoms with van der Waals surface area (Å²) in [4.78, 5) is 2.33. The van der Waals surface area contributed by atoms with E-state index in [0.29, 0.717) is 0 Å². The van der Waals surface area contributed by atoms with Crippen molar-refractivity contribution in [2.45, 2.75) is 12.4 Å². The van der Waals surface area contributed by atoms with Crippen LogP contribution in [0.15, 0.2) is 53.0 Å². The van der Waals surface area contributed by atoms with Crippen LogP contribution in [0.5, 0.6) is 5.75 Å². The second-order valence-corrected chi connectivity index (χ2v) is 6.77. The van der Waals surface area contributed by atoms with Gasteiger partial charge in [0.25, 0.3) is 0 Å². The van der Waals surface area contributed by atoms with Crippen LogP contribution < -0.4 is 10.1 Å². The molecule has 1 atom stereocenters. The van der Waals surface area contributed by atoms with Crippen LogP contribution in [0.4, 0.5) is 13.2 Å². The zero-order valence-electron chi connectivity index (χ0n) is 13.4. The van der Waals surface area contributed by atoms with Crippen LogP contribution >= 0.6 is 15.9 Å². The molecule has 7 heteroatoms. The Morgan fingerprint density at radius 3 is 1.96 bits per heavy atom. The SMILES string of the molecule is FC(F)(F)Oc1ccc([C@H](c2ccc(Br)cc2)N2CCNCC2)cc1. The van der Waals surface area contributed by atoms with Gasteiger partial charge in [-0.3, -0.25) is 4.90 Å². The van der Waals surface area contributed by atoms with Gasteiger partial charge < -0.3 is 10.1 Å². The van der Waals surface area contributed by atoms with E-state index in [0.717, 1.165) is 41.8 Å². The average Bonchev–Trinajstić information content (AvgIpc) is 2.58. The van der Waals surface area contributed by atoms with Crippen LogP contribution in [-0.4, -0.2) is 37.4 Å². The third-order valence-electron chi connectivity index (χ3n) is 4.13. The third-order valence-corrected chi connectivity index (χ3v) is 4.66. The number of nitrogens with zero attached hydrogens (tertiary/aromatic N) is 1. The van der Waals surface area contributed by atoms with E-state index >= 15 is 0 Å². The Bertz CT molecular complexity index is 683. The molecule has 2 aromatic carbocycles. The lowest BCUT2D eigenvalue weighted by atomic mass is 9.96. The van der Waals surface area contributed by atoms with Crippen LogP contribution in [-0.2, 0) is 0 Å². The van der Waals surface area contributed by atoms with Crippen molar-refractivity contribution in [1.82, 2.24) is 10.2 Å². The zero-order valence-corrected chi connectivity index (χ0v) is 15.0. The highest BCUT2D eigenvalue weighted by Crippen LogP contribution is 2.32. The maximum atomic E-state index is 12.4. The Kier molecular flexibility index (Phi) is 5.66. The molecule has 0 saturated carbocycles. The van der Waals surface area contributed by atoms with E-state index in [1.807, 2.05) is 24.3 Å². The summed E-state index contributed by atoms with van der Waals surface area (Å²) in [5.41, 5.74) is 2.05. The molecule has 1 fully saturated rings. The molecule has 3 nitrogen and oxygen atoms in total. The third kappa shape index (κ3) is 4.96. The van der Waals surface area contributed by atoms with Gasteiger partial charge >= 0.3 is 6.36 Å². The molecular formula is C18H18BrF3N2O. The Labute approximate surface area is 152 Å². The first-order chi connectivity index (χ1) is 11.9. The van der Waals surface area contributed by atoms with E-state index in [-0.39, 0.29) is 11.8 Å². The second kappa shape index (κ2) is 7.76. The summed E-state index contributed by atoms with van der Waals surface area (Å²) in [7, 11) is 0. The number of piperazine rings is 1. The van der Waals surface area contributed by atoms with Gasteiger partial charge in [0.15, 0.2) is 0 Å². The van der Waals surface area contributed by atoms with Gasteiger partial charge in [-0.25, -0.2) is 0 Å². The molecule has 25 heavy (non-hydrogen) atoms. The van der Waals surface area contributed by atoms with Crippen molar-refractivity contribution in [2.75, 3.05) is 26.2 Å². The summed E-state index contributed by atoms with van der Waals surface area (Å²) in [6.45, 7) is 3.54. The number of ether oxygens (including phenoxy) is 1. The summed E-state index contributed by atoms with van der Waals surface area (Å²) in [5.74, 6) is -0.203. The lowest BCUT2D eigenvalue weighted by Gasteiger charge is -2.35. The fourth-order valence-electron chi connectivity index (χ4n) is 3.05. The lowest BCUT2D eigenvalue weighted by Crippen LogP contribution is -2.45. The highest BCUT2D eigenvalue weighted by molar-refractivity contribution is 9.10. The fraction of sp³-hybridized carbons (Fsp3) is 0.333. The molecule has 0 spiro atoms. The van der Waals surface area contributed by atoms with Gasteiger partial charge in [-0.1, -0.05) is 40.2 Å². The van der Waals surface area contributed by atoms with Crippen molar-refractivity contribution >= 4 is 15.9 Å². The zero-order chi connectivity index (χ0) is 17.9. The van der Waals surface area contributed by atoms with Gasteiger partial charge in [-0.15, -0.1) is 13.2 Å². The minimum Gasteiger partial charge on any atom is -0.406 e. The average molecular weight is 415 g/mol. The molecule has 0 radical (unpaired) electrons. The Morgan fingerprint density at radius 2 is 1.44 bits per heavy atom. The van der Waals surface area contributed by atoms with E-state index in [9.17, 15) is 13.2 Å². The molecule has 1 heterocycles. The van der Waals surface area contributed by atoms with Crippen LogP contribution in [0.3, 0.4) is 0 Å². The minimum atomic E-state index is -4.68. The number of hydrogen-bond acceptors (Lipinski definition) is 3. The summed E-state index contributed by atoms with van der Waals surface area (Å²) in [6, 6.07) is 14.2. The standard InChI is InChI=1S/C18H18BrF3N2O/c19-15-5-1-13(2-6-15)17(24-11-9-23-10-12-24)14-3-7-16(8-4-14)25-18(20,21)22/h1-8,17,23H,9-12H2/t17-/m0/s1. The highest BCUT2D eigenvalue weighted by atomic mass is 79.9. The first-order valence-corrected chi connectivity index (χ1v) is 8.78. The van der Waals surface area contributed by atoms with Crippen LogP contribution in [0, 0.1) is 0 Å². The first kappa shape index (κ1) is 18.2. The van der Waals surface area contributed by atoms with Crippen molar-refractivity contribution in [3.63, 3.8) is 0 Å². The molecule has 1 N–H and O–H groups in total. The van der Waals surface area contributed by atoms with E-state index in [2.05, 4.69) is 30.9 Å². The van der Waals surface area contributed by atoms with Crippen molar-refractivity contribution in [2.24, 2.45) is 0 Å². The number of hydrogen-bond donors (Lipinski definition) is 1.